The summed E-state index contributed by atoms with van der Waals surface area (Å²) in [6, 6.07) is 0.842. The van der Waals surface area contributed by atoms with Crippen LogP contribution < -0.4 is 0 Å². The van der Waals surface area contributed by atoms with E-state index in [1.165, 1.54) is 38.6 Å². The van der Waals surface area contributed by atoms with Gasteiger partial charge in [-0.05, 0) is 38.1 Å². The lowest BCUT2D eigenvalue weighted by molar-refractivity contribution is 0.129. The first kappa shape index (κ1) is 8.13. The van der Waals surface area contributed by atoms with Crippen LogP contribution in [0.25, 0.3) is 0 Å². The summed E-state index contributed by atoms with van der Waals surface area (Å²) in [5, 5.41) is 0. The van der Waals surface area contributed by atoms with E-state index in [-0.39, 0.29) is 0 Å². The number of terminal acetylenes is 1. The van der Waals surface area contributed by atoms with Crippen molar-refractivity contribution in [3.05, 3.63) is 0 Å². The molecule has 0 amide bonds. The zero-order valence-corrected chi connectivity index (χ0v) is 7.63. The molecule has 1 saturated heterocycles. The van der Waals surface area contributed by atoms with E-state index in [9.17, 15) is 0 Å². The highest BCUT2D eigenvalue weighted by Crippen LogP contribution is 2.36. The molecule has 1 heterocycles. The normalized spacial score (nSPS) is 35.9. The van der Waals surface area contributed by atoms with Crippen LogP contribution in [-0.4, -0.2) is 24.0 Å². The maximum absolute atomic E-state index is 5.35. The fourth-order valence-corrected chi connectivity index (χ4v) is 2.87. The molecule has 1 nitrogen and oxygen atoms in total. The molecule has 0 N–H and O–H groups in total. The first-order valence-corrected chi connectivity index (χ1v) is 5.09. The predicted molar refractivity (Wildman–Crippen MR) is 50.8 cm³/mol. The molecule has 66 valence electrons. The highest BCUT2D eigenvalue weighted by molar-refractivity contribution is 4.95. The Morgan fingerprint density at radius 3 is 2.92 bits per heavy atom. The Labute approximate surface area is 75.1 Å². The molecular formula is C11H17N. The minimum atomic E-state index is 0.842. The average Bonchev–Trinajstić information content (AvgIpc) is 2.53. The van der Waals surface area contributed by atoms with Gasteiger partial charge in [0.2, 0.25) is 0 Å². The van der Waals surface area contributed by atoms with E-state index in [0.717, 1.165) is 18.5 Å². The highest BCUT2D eigenvalue weighted by atomic mass is 15.2. The summed E-state index contributed by atoms with van der Waals surface area (Å²) in [7, 11) is 0. The van der Waals surface area contributed by atoms with Crippen LogP contribution in [-0.2, 0) is 0 Å². The van der Waals surface area contributed by atoms with Crippen LogP contribution in [0.3, 0.4) is 0 Å². The van der Waals surface area contributed by atoms with E-state index < -0.39 is 0 Å². The number of hydrogen-bond donors (Lipinski definition) is 0. The van der Waals surface area contributed by atoms with Crippen LogP contribution in [0.4, 0.5) is 0 Å². The van der Waals surface area contributed by atoms with Crippen molar-refractivity contribution in [1.82, 2.24) is 4.90 Å². The van der Waals surface area contributed by atoms with Crippen molar-refractivity contribution in [2.45, 2.75) is 38.1 Å². The topological polar surface area (TPSA) is 3.24 Å². The van der Waals surface area contributed by atoms with Gasteiger partial charge >= 0.3 is 0 Å². The summed E-state index contributed by atoms with van der Waals surface area (Å²) in [4.78, 5) is 2.52. The lowest BCUT2D eigenvalue weighted by Crippen LogP contribution is -2.42. The summed E-state index contributed by atoms with van der Waals surface area (Å²) in [5.74, 6) is 3.75. The Bertz CT molecular complexity index is 192. The molecule has 0 aromatic rings. The molecule has 1 saturated carbocycles. The first-order chi connectivity index (χ1) is 5.92. The Morgan fingerprint density at radius 2 is 2.08 bits per heavy atom. The van der Waals surface area contributed by atoms with Crippen LogP contribution in [0.15, 0.2) is 0 Å². The summed E-state index contributed by atoms with van der Waals surface area (Å²) in [6.07, 6.45) is 12.4. The van der Waals surface area contributed by atoms with Gasteiger partial charge in [-0.3, -0.25) is 4.90 Å². The monoisotopic (exact) mass is 163 g/mol. The van der Waals surface area contributed by atoms with Crippen LogP contribution in [0, 0.1) is 18.3 Å². The maximum Gasteiger partial charge on any atom is 0.0601 e. The quantitative estimate of drug-likeness (QED) is 0.533. The number of piperidine rings is 1. The van der Waals surface area contributed by atoms with Crippen molar-refractivity contribution in [2.75, 3.05) is 13.1 Å². The van der Waals surface area contributed by atoms with Crippen LogP contribution in [0.2, 0.25) is 0 Å². The average molecular weight is 163 g/mol. The van der Waals surface area contributed by atoms with E-state index in [2.05, 4.69) is 10.8 Å². The molecule has 2 aliphatic rings. The van der Waals surface area contributed by atoms with Crippen LogP contribution >= 0.6 is 0 Å². The zero-order chi connectivity index (χ0) is 8.39. The van der Waals surface area contributed by atoms with E-state index in [1.54, 1.807) is 0 Å². The Kier molecular flexibility index (Phi) is 2.37. The zero-order valence-electron chi connectivity index (χ0n) is 7.63. The van der Waals surface area contributed by atoms with Gasteiger partial charge in [-0.15, -0.1) is 6.42 Å². The van der Waals surface area contributed by atoms with Crippen molar-refractivity contribution in [3.63, 3.8) is 0 Å². The molecular weight excluding hydrogens is 146 g/mol. The third kappa shape index (κ3) is 1.36. The van der Waals surface area contributed by atoms with Gasteiger partial charge in [0, 0.05) is 6.04 Å². The molecule has 2 unspecified atom stereocenters. The molecule has 0 aromatic heterocycles. The summed E-state index contributed by atoms with van der Waals surface area (Å²) >= 11 is 0. The van der Waals surface area contributed by atoms with Gasteiger partial charge in [0.15, 0.2) is 0 Å². The Balaban J connectivity index is 1.99. The molecule has 2 rings (SSSR count). The van der Waals surface area contributed by atoms with E-state index in [4.69, 9.17) is 6.42 Å². The number of likely N-dealkylation sites (tertiary alicyclic amines) is 1. The number of rotatable bonds is 1. The first-order valence-electron chi connectivity index (χ1n) is 5.09. The third-order valence-corrected chi connectivity index (χ3v) is 3.40. The van der Waals surface area contributed by atoms with Crippen molar-refractivity contribution < 1.29 is 0 Å². The maximum atomic E-state index is 5.35. The molecule has 2 fully saturated rings. The van der Waals surface area contributed by atoms with Gasteiger partial charge in [0.25, 0.3) is 0 Å². The minimum absolute atomic E-state index is 0.842. The molecule has 1 aliphatic carbocycles. The molecule has 1 heteroatoms. The molecule has 12 heavy (non-hydrogen) atoms. The largest absolute Gasteiger partial charge is 0.289 e. The van der Waals surface area contributed by atoms with Gasteiger partial charge in [0.1, 0.15) is 0 Å². The van der Waals surface area contributed by atoms with Crippen molar-refractivity contribution in [2.24, 2.45) is 5.92 Å². The molecule has 0 radical (unpaired) electrons. The predicted octanol–water partition coefficient (Wildman–Crippen LogP) is 1.88. The lowest BCUT2D eigenvalue weighted by Gasteiger charge is -2.36. The standard InChI is InChI=1S/C11H17N/c1-2-8-12-9-4-6-10-5-3-7-11(10)12/h1,10-11H,3-9H2. The molecule has 0 bridgehead atoms. The van der Waals surface area contributed by atoms with Gasteiger partial charge in [0.05, 0.1) is 6.54 Å². The second-order valence-corrected chi connectivity index (χ2v) is 4.08. The van der Waals surface area contributed by atoms with E-state index in [0.29, 0.717) is 0 Å². The smallest absolute Gasteiger partial charge is 0.0601 e. The second kappa shape index (κ2) is 3.49. The SMILES string of the molecule is C#CCN1CCCC2CCCC21. The molecule has 0 spiro atoms. The van der Waals surface area contributed by atoms with Crippen LogP contribution in [0.5, 0.6) is 0 Å². The second-order valence-electron chi connectivity index (χ2n) is 4.08. The number of fused-ring (bicyclic) bond motifs is 1. The van der Waals surface area contributed by atoms with E-state index >= 15 is 0 Å². The van der Waals surface area contributed by atoms with Gasteiger partial charge < -0.3 is 0 Å². The fourth-order valence-electron chi connectivity index (χ4n) is 2.87. The highest BCUT2D eigenvalue weighted by Gasteiger charge is 2.34. The molecule has 2 atom stereocenters. The van der Waals surface area contributed by atoms with Crippen LogP contribution in [0.1, 0.15) is 32.1 Å². The van der Waals surface area contributed by atoms with Crippen molar-refractivity contribution in [1.29, 1.82) is 0 Å². The summed E-state index contributed by atoms with van der Waals surface area (Å²) < 4.78 is 0. The Hall–Kier alpha value is -0.480. The molecule has 0 aromatic carbocycles. The van der Waals surface area contributed by atoms with Crippen molar-refractivity contribution >= 4 is 0 Å². The number of hydrogen-bond acceptors (Lipinski definition) is 1. The Morgan fingerprint density at radius 1 is 1.25 bits per heavy atom. The lowest BCUT2D eigenvalue weighted by atomic mass is 9.92. The third-order valence-electron chi connectivity index (χ3n) is 3.40. The number of nitrogens with zero attached hydrogens (tertiary/aromatic N) is 1. The van der Waals surface area contributed by atoms with Gasteiger partial charge in [-0.2, -0.15) is 0 Å². The molecule has 1 aliphatic heterocycles. The van der Waals surface area contributed by atoms with E-state index in [1.807, 2.05) is 0 Å². The summed E-state index contributed by atoms with van der Waals surface area (Å²) in [5.41, 5.74) is 0. The minimum Gasteiger partial charge on any atom is -0.289 e. The summed E-state index contributed by atoms with van der Waals surface area (Å²) in [6.45, 7) is 2.12. The van der Waals surface area contributed by atoms with Gasteiger partial charge in [-0.25, -0.2) is 0 Å². The van der Waals surface area contributed by atoms with Gasteiger partial charge in [-0.1, -0.05) is 12.3 Å². The fraction of sp³-hybridized carbons (Fsp3) is 0.818. The van der Waals surface area contributed by atoms with Crippen molar-refractivity contribution in [3.8, 4) is 12.3 Å².